The zero-order valence-electron chi connectivity index (χ0n) is 14.1. The first-order chi connectivity index (χ1) is 11.7. The maximum absolute atomic E-state index is 13.1. The van der Waals surface area contributed by atoms with Gasteiger partial charge in [0.25, 0.3) is 11.6 Å². The van der Waals surface area contributed by atoms with Crippen molar-refractivity contribution in [2.24, 2.45) is 0 Å². The second kappa shape index (κ2) is 7.64. The molecular formula is C18H25N3O3. The van der Waals surface area contributed by atoms with Gasteiger partial charge in [-0.2, -0.15) is 0 Å². The summed E-state index contributed by atoms with van der Waals surface area (Å²) in [6.07, 6.45) is 7.77. The van der Waals surface area contributed by atoms with E-state index >= 15 is 0 Å². The van der Waals surface area contributed by atoms with Gasteiger partial charge < -0.3 is 9.80 Å². The quantitative estimate of drug-likeness (QED) is 0.627. The molecule has 1 aromatic carbocycles. The average Bonchev–Trinajstić information content (AvgIpc) is 3.07. The zero-order chi connectivity index (χ0) is 16.9. The largest absolute Gasteiger partial charge is 0.371 e. The molecule has 0 bridgehead atoms. The standard InChI is InChI=1S/C18H25N3O3/c22-18(20-12-4-2-1-3-5-13-20)16-14-15(21(23)24)8-9-17(16)19-10-6-7-11-19/h8-9,14H,1-7,10-13H2. The highest BCUT2D eigenvalue weighted by atomic mass is 16.6. The number of nitro benzene ring substituents is 1. The third kappa shape index (κ3) is 3.68. The van der Waals surface area contributed by atoms with Crippen LogP contribution in [0.4, 0.5) is 11.4 Å². The predicted octanol–water partition coefficient (Wildman–Crippen LogP) is 3.60. The van der Waals surface area contributed by atoms with Crippen LogP contribution in [-0.4, -0.2) is 41.9 Å². The Morgan fingerprint density at radius 3 is 2.12 bits per heavy atom. The summed E-state index contributed by atoms with van der Waals surface area (Å²) in [6.45, 7) is 3.33. The summed E-state index contributed by atoms with van der Waals surface area (Å²) in [5, 5.41) is 11.2. The van der Waals surface area contributed by atoms with Crippen LogP contribution in [0.2, 0.25) is 0 Å². The maximum atomic E-state index is 13.1. The zero-order valence-corrected chi connectivity index (χ0v) is 14.1. The maximum Gasteiger partial charge on any atom is 0.270 e. The lowest BCUT2D eigenvalue weighted by molar-refractivity contribution is -0.384. The monoisotopic (exact) mass is 331 g/mol. The first kappa shape index (κ1) is 16.7. The van der Waals surface area contributed by atoms with Gasteiger partial charge in [0, 0.05) is 38.3 Å². The van der Waals surface area contributed by atoms with E-state index in [0.717, 1.165) is 70.4 Å². The predicted molar refractivity (Wildman–Crippen MR) is 93.5 cm³/mol. The fourth-order valence-electron chi connectivity index (χ4n) is 3.66. The van der Waals surface area contributed by atoms with Crippen molar-refractivity contribution in [3.8, 4) is 0 Å². The number of benzene rings is 1. The number of hydrogen-bond acceptors (Lipinski definition) is 4. The fourth-order valence-corrected chi connectivity index (χ4v) is 3.66. The first-order valence-corrected chi connectivity index (χ1v) is 8.99. The third-order valence-corrected chi connectivity index (χ3v) is 5.01. The molecule has 2 aliphatic rings. The van der Waals surface area contributed by atoms with Gasteiger partial charge >= 0.3 is 0 Å². The lowest BCUT2D eigenvalue weighted by Crippen LogP contribution is -2.35. The average molecular weight is 331 g/mol. The van der Waals surface area contributed by atoms with Crippen molar-refractivity contribution in [2.45, 2.75) is 44.9 Å². The fraction of sp³-hybridized carbons (Fsp3) is 0.611. The summed E-state index contributed by atoms with van der Waals surface area (Å²) in [6, 6.07) is 4.73. The number of carbonyl (C=O) groups is 1. The van der Waals surface area contributed by atoms with Crippen LogP contribution in [0.25, 0.3) is 0 Å². The van der Waals surface area contributed by atoms with E-state index in [-0.39, 0.29) is 11.6 Å². The van der Waals surface area contributed by atoms with E-state index in [0.29, 0.717) is 5.56 Å². The summed E-state index contributed by atoms with van der Waals surface area (Å²) in [5.41, 5.74) is 1.34. The van der Waals surface area contributed by atoms with E-state index < -0.39 is 4.92 Å². The Morgan fingerprint density at radius 2 is 1.50 bits per heavy atom. The molecule has 2 heterocycles. The van der Waals surface area contributed by atoms with E-state index in [4.69, 9.17) is 0 Å². The van der Waals surface area contributed by atoms with Gasteiger partial charge in [-0.1, -0.05) is 19.3 Å². The molecule has 3 rings (SSSR count). The van der Waals surface area contributed by atoms with Gasteiger partial charge in [-0.05, 0) is 31.7 Å². The second-order valence-electron chi connectivity index (χ2n) is 6.71. The van der Waals surface area contributed by atoms with E-state index in [1.807, 2.05) is 4.90 Å². The molecule has 0 N–H and O–H groups in total. The minimum Gasteiger partial charge on any atom is -0.371 e. The van der Waals surface area contributed by atoms with Gasteiger partial charge in [0.05, 0.1) is 16.2 Å². The van der Waals surface area contributed by atoms with E-state index in [2.05, 4.69) is 4.90 Å². The van der Waals surface area contributed by atoms with Gasteiger partial charge in [-0.25, -0.2) is 0 Å². The van der Waals surface area contributed by atoms with Crippen molar-refractivity contribution in [1.82, 2.24) is 4.90 Å². The minimum atomic E-state index is -0.419. The normalized spacial score (nSPS) is 19.0. The molecule has 0 aromatic heterocycles. The molecule has 0 spiro atoms. The molecule has 0 saturated carbocycles. The van der Waals surface area contributed by atoms with Crippen molar-refractivity contribution < 1.29 is 9.72 Å². The molecule has 0 radical (unpaired) electrons. The molecule has 130 valence electrons. The van der Waals surface area contributed by atoms with Crippen LogP contribution in [0.15, 0.2) is 18.2 Å². The summed E-state index contributed by atoms with van der Waals surface area (Å²) in [7, 11) is 0. The number of nitro groups is 1. The molecule has 0 aliphatic carbocycles. The Bertz CT molecular complexity index is 604. The number of nitrogens with zero attached hydrogens (tertiary/aromatic N) is 3. The highest BCUT2D eigenvalue weighted by Crippen LogP contribution is 2.30. The smallest absolute Gasteiger partial charge is 0.270 e. The van der Waals surface area contributed by atoms with E-state index in [9.17, 15) is 14.9 Å². The Labute approximate surface area is 142 Å². The Kier molecular flexibility index (Phi) is 5.33. The second-order valence-corrected chi connectivity index (χ2v) is 6.71. The number of non-ortho nitro benzene ring substituents is 1. The van der Waals surface area contributed by atoms with Crippen molar-refractivity contribution in [3.63, 3.8) is 0 Å². The van der Waals surface area contributed by atoms with Crippen LogP contribution >= 0.6 is 0 Å². The number of rotatable bonds is 3. The first-order valence-electron chi connectivity index (χ1n) is 8.99. The molecule has 2 fully saturated rings. The molecule has 2 saturated heterocycles. The highest BCUT2D eigenvalue weighted by molar-refractivity contribution is 6.00. The van der Waals surface area contributed by atoms with Crippen molar-refractivity contribution in [1.29, 1.82) is 0 Å². The van der Waals surface area contributed by atoms with Crippen LogP contribution in [0.3, 0.4) is 0 Å². The van der Waals surface area contributed by atoms with Gasteiger partial charge in [0.15, 0.2) is 0 Å². The molecule has 1 amide bonds. The Hall–Kier alpha value is -2.11. The number of anilines is 1. The summed E-state index contributed by atoms with van der Waals surface area (Å²) < 4.78 is 0. The Balaban J connectivity index is 1.91. The summed E-state index contributed by atoms with van der Waals surface area (Å²) in [5.74, 6) is -0.0532. The van der Waals surface area contributed by atoms with Crippen LogP contribution in [-0.2, 0) is 0 Å². The van der Waals surface area contributed by atoms with Crippen LogP contribution < -0.4 is 4.90 Å². The number of amides is 1. The third-order valence-electron chi connectivity index (χ3n) is 5.01. The van der Waals surface area contributed by atoms with Crippen LogP contribution in [0.5, 0.6) is 0 Å². The molecular weight excluding hydrogens is 306 g/mol. The molecule has 0 atom stereocenters. The lowest BCUT2D eigenvalue weighted by atomic mass is 10.1. The van der Waals surface area contributed by atoms with Crippen molar-refractivity contribution in [3.05, 3.63) is 33.9 Å². The number of likely N-dealkylation sites (tertiary alicyclic amines) is 1. The van der Waals surface area contributed by atoms with Gasteiger partial charge in [-0.15, -0.1) is 0 Å². The van der Waals surface area contributed by atoms with Crippen molar-refractivity contribution in [2.75, 3.05) is 31.1 Å². The number of hydrogen-bond donors (Lipinski definition) is 0. The van der Waals surface area contributed by atoms with Gasteiger partial charge in [-0.3, -0.25) is 14.9 Å². The molecule has 6 nitrogen and oxygen atoms in total. The topological polar surface area (TPSA) is 66.7 Å². The molecule has 24 heavy (non-hydrogen) atoms. The SMILES string of the molecule is O=C(c1cc([N+](=O)[O-])ccc1N1CCCC1)N1CCCCCCC1. The summed E-state index contributed by atoms with van der Waals surface area (Å²) in [4.78, 5) is 27.9. The number of carbonyl (C=O) groups excluding carboxylic acids is 1. The highest BCUT2D eigenvalue weighted by Gasteiger charge is 2.25. The minimum absolute atomic E-state index is 0.00617. The lowest BCUT2D eigenvalue weighted by Gasteiger charge is -2.27. The molecule has 2 aliphatic heterocycles. The van der Waals surface area contributed by atoms with Crippen LogP contribution in [0.1, 0.15) is 55.3 Å². The van der Waals surface area contributed by atoms with E-state index in [1.165, 1.54) is 18.6 Å². The van der Waals surface area contributed by atoms with Crippen molar-refractivity contribution >= 4 is 17.3 Å². The Morgan fingerprint density at radius 1 is 0.917 bits per heavy atom. The molecule has 1 aromatic rings. The molecule has 0 unspecified atom stereocenters. The van der Waals surface area contributed by atoms with Gasteiger partial charge in [0.1, 0.15) is 0 Å². The van der Waals surface area contributed by atoms with Crippen LogP contribution in [0, 0.1) is 10.1 Å². The van der Waals surface area contributed by atoms with Gasteiger partial charge in [0.2, 0.25) is 0 Å². The summed E-state index contributed by atoms with van der Waals surface area (Å²) >= 11 is 0. The van der Waals surface area contributed by atoms with E-state index in [1.54, 1.807) is 6.07 Å². The molecule has 6 heteroatoms.